The molecule has 1 amide bonds. The molecule has 4 aliphatic heterocycles. The highest BCUT2D eigenvalue weighted by Gasteiger charge is 2.61. The number of hydrogen-bond acceptors (Lipinski definition) is 23. The topological polar surface area (TPSA) is 414 Å². The van der Waals surface area contributed by atoms with Gasteiger partial charge in [-0.05, 0) is 0 Å². The molecule has 314 valence electrons. The number of hydrogen-bond donors (Lipinski definition) is 16. The predicted octanol–water partition coefficient (Wildman–Crippen LogP) is -10.4. The van der Waals surface area contributed by atoms with Gasteiger partial charge in [0.05, 0.1) is 38.6 Å². The van der Waals surface area contributed by atoms with Gasteiger partial charge in [0.25, 0.3) is 5.79 Å². The van der Waals surface area contributed by atoms with E-state index in [9.17, 15) is 86.2 Å². The Bertz CT molecular complexity index is 1230. The molecule has 25 nitrogen and oxygen atoms in total. The summed E-state index contributed by atoms with van der Waals surface area (Å²) in [7, 11) is 0. The third-order valence-electron chi connectivity index (χ3n) is 9.58. The number of rotatable bonds is 15. The van der Waals surface area contributed by atoms with Gasteiger partial charge in [0.2, 0.25) is 5.91 Å². The van der Waals surface area contributed by atoms with Crippen LogP contribution in [0.15, 0.2) is 0 Å². The first kappa shape index (κ1) is 44.8. The first-order chi connectivity index (χ1) is 25.4. The highest BCUT2D eigenvalue weighted by molar-refractivity contribution is 5.76. The molecule has 0 spiro atoms. The van der Waals surface area contributed by atoms with Gasteiger partial charge in [-0.3, -0.25) is 4.79 Å². The van der Waals surface area contributed by atoms with Crippen molar-refractivity contribution in [1.82, 2.24) is 5.32 Å². The molecule has 0 aromatic rings. The summed E-state index contributed by atoms with van der Waals surface area (Å²) in [5, 5.41) is 157. The fourth-order valence-electron chi connectivity index (χ4n) is 6.65. The van der Waals surface area contributed by atoms with E-state index in [0.717, 1.165) is 6.92 Å². The maximum atomic E-state index is 13.1. The van der Waals surface area contributed by atoms with E-state index < -0.39 is 173 Å². The Morgan fingerprint density at radius 3 is 1.93 bits per heavy atom. The Kier molecular flexibility index (Phi) is 15.4. The van der Waals surface area contributed by atoms with Crippen molar-refractivity contribution in [3.8, 4) is 0 Å². The van der Waals surface area contributed by atoms with Crippen LogP contribution in [-0.4, -0.2) is 243 Å². The van der Waals surface area contributed by atoms with E-state index in [1.165, 1.54) is 0 Å². The van der Waals surface area contributed by atoms with E-state index in [4.69, 9.17) is 33.2 Å². The van der Waals surface area contributed by atoms with Gasteiger partial charge in [0, 0.05) is 13.3 Å². The van der Waals surface area contributed by atoms with E-state index in [1.807, 2.05) is 0 Å². The number of carbonyl (C=O) groups excluding carboxylic acids is 1. The molecule has 4 rings (SSSR count). The van der Waals surface area contributed by atoms with Crippen molar-refractivity contribution in [1.29, 1.82) is 0 Å². The normalized spacial score (nSPS) is 46.1. The summed E-state index contributed by atoms with van der Waals surface area (Å²) in [4.78, 5) is 25.5. The van der Waals surface area contributed by atoms with E-state index >= 15 is 0 Å². The van der Waals surface area contributed by atoms with Gasteiger partial charge in [0.1, 0.15) is 91.6 Å². The van der Waals surface area contributed by atoms with Gasteiger partial charge in [0.15, 0.2) is 18.9 Å². The van der Waals surface area contributed by atoms with Crippen LogP contribution in [0.3, 0.4) is 0 Å². The molecule has 0 aromatic carbocycles. The lowest BCUT2D eigenvalue weighted by Gasteiger charge is -2.51. The molecule has 4 aliphatic rings. The first-order valence-corrected chi connectivity index (χ1v) is 16.7. The van der Waals surface area contributed by atoms with E-state index in [0.29, 0.717) is 0 Å². The van der Waals surface area contributed by atoms with Crippen molar-refractivity contribution >= 4 is 11.9 Å². The summed E-state index contributed by atoms with van der Waals surface area (Å²) in [5.74, 6) is -6.15. The summed E-state index contributed by atoms with van der Waals surface area (Å²) < 4.78 is 38.6. The van der Waals surface area contributed by atoms with Gasteiger partial charge in [-0.25, -0.2) is 4.79 Å². The van der Waals surface area contributed by atoms with Crippen molar-refractivity contribution < 1.29 is 119 Å². The largest absolute Gasteiger partial charge is 0.477 e. The van der Waals surface area contributed by atoms with Gasteiger partial charge in [-0.1, -0.05) is 0 Å². The third kappa shape index (κ3) is 9.12. The van der Waals surface area contributed by atoms with Crippen LogP contribution < -0.4 is 5.32 Å². The molecule has 0 aliphatic carbocycles. The van der Waals surface area contributed by atoms with Crippen molar-refractivity contribution in [3.05, 3.63) is 0 Å². The second kappa shape index (κ2) is 18.6. The Morgan fingerprint density at radius 2 is 1.37 bits per heavy atom. The minimum absolute atomic E-state index is 0.855. The molecule has 4 heterocycles. The number of aliphatic hydroxyl groups excluding tert-OH is 14. The van der Waals surface area contributed by atoms with E-state index in [1.54, 1.807) is 0 Å². The molecule has 0 radical (unpaired) electrons. The second-order valence-electron chi connectivity index (χ2n) is 13.3. The number of carboxylic acids is 1. The Morgan fingerprint density at radius 1 is 0.741 bits per heavy atom. The lowest BCUT2D eigenvalue weighted by molar-refractivity contribution is -0.388. The lowest BCUT2D eigenvalue weighted by atomic mass is 9.87. The molecule has 54 heavy (non-hydrogen) atoms. The standard InChI is InChI=1S/C29H49NO24/c1-7(35)30-13-10(49-26-19(43)17(41)21(51-26)9(37)4-32)2-29(28(46)47,53-23(13)14(38)8(36)3-31)54-24-15(39)11(5-33)50-27(20(24)44)52-22-12(6-34)48-25(45)18(42)16(22)40/h8-27,31-34,36-45H,2-6H2,1H3,(H,30,35)(H,46,47)/t8-,9-,10+,11-,12-,13-,14-,15+,16-,17-,18-,19-,20-,21+,22-,23-,24+,25-,26-,27+,29+/m1/s1. The number of amides is 1. The lowest BCUT2D eigenvalue weighted by Crippen LogP contribution is -2.71. The van der Waals surface area contributed by atoms with E-state index in [-0.39, 0.29) is 0 Å². The van der Waals surface area contributed by atoms with Crippen LogP contribution in [0.5, 0.6) is 0 Å². The number of carbonyl (C=O) groups is 2. The van der Waals surface area contributed by atoms with Gasteiger partial charge in [-0.15, -0.1) is 0 Å². The van der Waals surface area contributed by atoms with Crippen LogP contribution >= 0.6 is 0 Å². The van der Waals surface area contributed by atoms with Crippen molar-refractivity contribution in [2.45, 2.75) is 142 Å². The molecule has 21 atom stereocenters. The Hall–Kier alpha value is -1.90. The molecule has 0 saturated carbocycles. The average molecular weight is 796 g/mol. The summed E-state index contributed by atoms with van der Waals surface area (Å²) in [6, 6.07) is -1.71. The highest BCUT2D eigenvalue weighted by Crippen LogP contribution is 2.40. The summed E-state index contributed by atoms with van der Waals surface area (Å²) in [6.45, 7) is -3.09. The minimum Gasteiger partial charge on any atom is -0.477 e. The average Bonchev–Trinajstić information content (AvgIpc) is 3.42. The van der Waals surface area contributed by atoms with Crippen molar-refractivity contribution in [2.75, 3.05) is 26.4 Å². The van der Waals surface area contributed by atoms with Gasteiger partial charge < -0.3 is 115 Å². The minimum atomic E-state index is -3.22. The molecule has 25 heteroatoms. The van der Waals surface area contributed by atoms with Crippen LogP contribution in [0.4, 0.5) is 0 Å². The number of nitrogens with one attached hydrogen (secondary N) is 1. The zero-order chi connectivity index (χ0) is 40.4. The van der Waals surface area contributed by atoms with E-state index in [2.05, 4.69) is 5.32 Å². The molecule has 0 aromatic heterocycles. The van der Waals surface area contributed by atoms with Crippen LogP contribution in [0.25, 0.3) is 0 Å². The number of carboxylic acid groups (broad SMARTS) is 1. The highest BCUT2D eigenvalue weighted by atomic mass is 16.8. The summed E-state index contributed by atoms with van der Waals surface area (Å²) in [6.07, 6.45) is -38.6. The zero-order valence-electron chi connectivity index (χ0n) is 28.5. The summed E-state index contributed by atoms with van der Waals surface area (Å²) in [5.41, 5.74) is 0. The van der Waals surface area contributed by atoms with Crippen LogP contribution in [0.2, 0.25) is 0 Å². The van der Waals surface area contributed by atoms with Gasteiger partial charge >= 0.3 is 5.97 Å². The SMILES string of the molecule is CC(=O)N[C@H]1[C@H]([C@H](O)[C@H](O)CO)O[C@@](O[C@H]2[C@@H](O)[C@@H](CO)O[C@@H](O[C@H]3[C@H](O)[C@@H](O)[C@H](O)O[C@@H]3CO)[C@@H]2O)(C(=O)O)C[C@@H]1O[C@@H]1O[C@@H]([C@H](O)CO)[C@H](O)[C@H]1O. The Balaban J connectivity index is 1.73. The molecular weight excluding hydrogens is 746 g/mol. The molecule has 0 bridgehead atoms. The van der Waals surface area contributed by atoms with Crippen molar-refractivity contribution in [2.24, 2.45) is 0 Å². The molecule has 16 N–H and O–H groups in total. The number of aliphatic carboxylic acids is 1. The van der Waals surface area contributed by atoms with Crippen molar-refractivity contribution in [3.63, 3.8) is 0 Å². The number of aliphatic hydroxyl groups is 14. The maximum Gasteiger partial charge on any atom is 0.364 e. The smallest absolute Gasteiger partial charge is 0.364 e. The quantitative estimate of drug-likeness (QED) is 0.0731. The van der Waals surface area contributed by atoms with Crippen LogP contribution in [0, 0.1) is 0 Å². The van der Waals surface area contributed by atoms with Crippen LogP contribution in [0.1, 0.15) is 13.3 Å². The zero-order valence-corrected chi connectivity index (χ0v) is 28.5. The molecular formula is C29H49NO24. The molecule has 0 unspecified atom stereocenters. The van der Waals surface area contributed by atoms with Crippen LogP contribution in [-0.2, 0) is 42.7 Å². The predicted molar refractivity (Wildman–Crippen MR) is 163 cm³/mol. The monoisotopic (exact) mass is 795 g/mol. The fraction of sp³-hybridized carbons (Fsp3) is 0.931. The fourth-order valence-corrected chi connectivity index (χ4v) is 6.65. The molecule has 4 fully saturated rings. The third-order valence-corrected chi connectivity index (χ3v) is 9.58. The first-order valence-electron chi connectivity index (χ1n) is 16.7. The van der Waals surface area contributed by atoms with Gasteiger partial charge in [-0.2, -0.15) is 0 Å². The Labute approximate surface area is 305 Å². The second-order valence-corrected chi connectivity index (χ2v) is 13.3. The maximum absolute atomic E-state index is 13.1. The summed E-state index contributed by atoms with van der Waals surface area (Å²) >= 11 is 0. The number of ether oxygens (including phenoxy) is 7. The molecule has 4 saturated heterocycles.